The van der Waals surface area contributed by atoms with Gasteiger partial charge in [0.1, 0.15) is 6.04 Å². The Bertz CT molecular complexity index is 375. The summed E-state index contributed by atoms with van der Waals surface area (Å²) >= 11 is 1.58. The maximum atomic E-state index is 10.9. The first-order chi connectivity index (χ1) is 6.77. The van der Waals surface area contributed by atoms with E-state index in [1.807, 2.05) is 30.3 Å². The van der Waals surface area contributed by atoms with E-state index in [-0.39, 0.29) is 11.9 Å². The topological polar surface area (TPSA) is 55.5 Å². The number of carbonyl (C=O) groups is 1. The first-order valence-corrected chi connectivity index (χ1v) is 5.31. The van der Waals surface area contributed by atoms with Crippen molar-refractivity contribution >= 4 is 22.7 Å². The number of aliphatic imine (C=N–C) groups is 1. The average Bonchev–Trinajstić information content (AvgIpc) is 2.68. The maximum Gasteiger partial charge on any atom is 0.243 e. The molecular formula is C10H10N2OS. The van der Waals surface area contributed by atoms with Crippen molar-refractivity contribution in [1.29, 1.82) is 0 Å². The summed E-state index contributed by atoms with van der Waals surface area (Å²) in [5.74, 6) is 0.322. The molecule has 1 aromatic carbocycles. The number of nitrogens with zero attached hydrogens (tertiary/aromatic N) is 1. The number of primary amides is 1. The number of benzene rings is 1. The fraction of sp³-hybridized carbons (Fsp3) is 0.200. The van der Waals surface area contributed by atoms with Crippen LogP contribution in [0, 0.1) is 0 Å². The average molecular weight is 206 g/mol. The standard InChI is InChI=1S/C10H10N2OS/c11-9(13)8-6-14-10(12-8)7-4-2-1-3-5-7/h1-5,8H,6H2,(H2,11,13)/t8-/m0/s1. The van der Waals surface area contributed by atoms with Gasteiger partial charge in [-0.25, -0.2) is 0 Å². The Kier molecular flexibility index (Phi) is 2.54. The zero-order chi connectivity index (χ0) is 9.97. The van der Waals surface area contributed by atoms with Crippen molar-refractivity contribution in [2.75, 3.05) is 5.75 Å². The van der Waals surface area contributed by atoms with Crippen molar-refractivity contribution in [3.05, 3.63) is 35.9 Å². The zero-order valence-corrected chi connectivity index (χ0v) is 8.33. The summed E-state index contributed by atoms with van der Waals surface area (Å²) in [7, 11) is 0. The predicted octanol–water partition coefficient (Wildman–Crippen LogP) is 1.03. The van der Waals surface area contributed by atoms with Crippen molar-refractivity contribution in [2.24, 2.45) is 10.7 Å². The Hall–Kier alpha value is -1.29. The number of hydrogen-bond donors (Lipinski definition) is 1. The summed E-state index contributed by atoms with van der Waals surface area (Å²) in [6.45, 7) is 0. The van der Waals surface area contributed by atoms with Crippen LogP contribution in [0.5, 0.6) is 0 Å². The summed E-state index contributed by atoms with van der Waals surface area (Å²) in [5.41, 5.74) is 6.24. The molecule has 2 rings (SSSR count). The molecule has 1 aromatic rings. The highest BCUT2D eigenvalue weighted by Crippen LogP contribution is 2.22. The maximum absolute atomic E-state index is 10.9. The molecule has 1 aliphatic heterocycles. The van der Waals surface area contributed by atoms with Gasteiger partial charge in [0.25, 0.3) is 0 Å². The van der Waals surface area contributed by atoms with Crippen LogP contribution in [-0.4, -0.2) is 22.7 Å². The summed E-state index contributed by atoms with van der Waals surface area (Å²) in [5, 5.41) is 0.911. The van der Waals surface area contributed by atoms with E-state index in [4.69, 9.17) is 5.73 Å². The molecule has 0 fully saturated rings. The van der Waals surface area contributed by atoms with Crippen molar-refractivity contribution < 1.29 is 4.79 Å². The third-order valence-corrected chi connectivity index (χ3v) is 3.10. The van der Waals surface area contributed by atoms with Gasteiger partial charge in [0.2, 0.25) is 5.91 Å². The summed E-state index contributed by atoms with van der Waals surface area (Å²) in [6.07, 6.45) is 0. The molecule has 3 nitrogen and oxygen atoms in total. The number of rotatable bonds is 2. The summed E-state index contributed by atoms with van der Waals surface area (Å²) < 4.78 is 0. The third-order valence-electron chi connectivity index (χ3n) is 2.00. The molecule has 0 bridgehead atoms. The molecule has 1 aliphatic rings. The Morgan fingerprint density at radius 1 is 1.43 bits per heavy atom. The first kappa shape index (κ1) is 9.27. The van der Waals surface area contributed by atoms with E-state index in [2.05, 4.69) is 4.99 Å². The molecule has 72 valence electrons. The summed E-state index contributed by atoms with van der Waals surface area (Å²) in [6, 6.07) is 9.47. The highest BCUT2D eigenvalue weighted by molar-refractivity contribution is 8.14. The second kappa shape index (κ2) is 3.84. The SMILES string of the molecule is NC(=O)[C@@H]1CSC(c2ccccc2)=N1. The summed E-state index contributed by atoms with van der Waals surface area (Å²) in [4.78, 5) is 15.1. The predicted molar refractivity (Wildman–Crippen MR) is 58.4 cm³/mol. The highest BCUT2D eigenvalue weighted by Gasteiger charge is 2.23. The molecule has 0 saturated heterocycles. The lowest BCUT2D eigenvalue weighted by atomic mass is 10.2. The molecule has 14 heavy (non-hydrogen) atoms. The van der Waals surface area contributed by atoms with Gasteiger partial charge in [-0.2, -0.15) is 0 Å². The van der Waals surface area contributed by atoms with Gasteiger partial charge < -0.3 is 5.73 Å². The largest absolute Gasteiger partial charge is 0.368 e. The van der Waals surface area contributed by atoms with Crippen LogP contribution in [0.15, 0.2) is 35.3 Å². The van der Waals surface area contributed by atoms with Crippen molar-refractivity contribution in [2.45, 2.75) is 6.04 Å². The fourth-order valence-corrected chi connectivity index (χ4v) is 2.32. The Balaban J connectivity index is 2.22. The van der Waals surface area contributed by atoms with Crippen LogP contribution < -0.4 is 5.73 Å². The van der Waals surface area contributed by atoms with Gasteiger partial charge >= 0.3 is 0 Å². The Morgan fingerprint density at radius 2 is 2.14 bits per heavy atom. The lowest BCUT2D eigenvalue weighted by Crippen LogP contribution is -2.26. The van der Waals surface area contributed by atoms with E-state index < -0.39 is 0 Å². The van der Waals surface area contributed by atoms with Gasteiger partial charge in [-0.05, 0) is 0 Å². The van der Waals surface area contributed by atoms with E-state index in [1.54, 1.807) is 11.8 Å². The van der Waals surface area contributed by atoms with Crippen LogP contribution in [0.25, 0.3) is 0 Å². The van der Waals surface area contributed by atoms with Gasteiger partial charge in [0.05, 0.1) is 5.04 Å². The minimum absolute atomic E-state index is 0.344. The molecule has 1 amide bonds. The van der Waals surface area contributed by atoms with Crippen LogP contribution in [0.4, 0.5) is 0 Å². The molecule has 1 atom stereocenters. The van der Waals surface area contributed by atoms with E-state index >= 15 is 0 Å². The zero-order valence-electron chi connectivity index (χ0n) is 7.51. The van der Waals surface area contributed by atoms with Crippen molar-refractivity contribution in [1.82, 2.24) is 0 Å². The lowest BCUT2D eigenvalue weighted by Gasteiger charge is -1.97. The molecule has 1 heterocycles. The van der Waals surface area contributed by atoms with Crippen LogP contribution in [0.3, 0.4) is 0 Å². The molecule has 0 aromatic heterocycles. The van der Waals surface area contributed by atoms with Gasteiger partial charge in [-0.15, -0.1) is 11.8 Å². The number of carbonyl (C=O) groups excluding carboxylic acids is 1. The number of amides is 1. The number of thioether (sulfide) groups is 1. The van der Waals surface area contributed by atoms with Gasteiger partial charge in [-0.1, -0.05) is 30.3 Å². The van der Waals surface area contributed by atoms with Crippen LogP contribution in [0.1, 0.15) is 5.56 Å². The Morgan fingerprint density at radius 3 is 2.71 bits per heavy atom. The minimum atomic E-state index is -0.352. The van der Waals surface area contributed by atoms with E-state index in [0.29, 0.717) is 5.75 Å². The van der Waals surface area contributed by atoms with E-state index in [0.717, 1.165) is 10.6 Å². The van der Waals surface area contributed by atoms with E-state index in [1.165, 1.54) is 0 Å². The molecule has 0 unspecified atom stereocenters. The van der Waals surface area contributed by atoms with Gasteiger partial charge in [0, 0.05) is 11.3 Å². The molecule has 4 heteroatoms. The van der Waals surface area contributed by atoms with E-state index in [9.17, 15) is 4.79 Å². The number of nitrogens with two attached hydrogens (primary N) is 1. The molecule has 0 radical (unpaired) electrons. The lowest BCUT2D eigenvalue weighted by molar-refractivity contribution is -0.118. The molecule has 0 saturated carbocycles. The Labute approximate surface area is 86.4 Å². The van der Waals surface area contributed by atoms with Crippen LogP contribution >= 0.6 is 11.8 Å². The molecule has 0 spiro atoms. The van der Waals surface area contributed by atoms with Crippen molar-refractivity contribution in [3.8, 4) is 0 Å². The third kappa shape index (κ3) is 1.80. The quantitative estimate of drug-likeness (QED) is 0.785. The van der Waals surface area contributed by atoms with Gasteiger partial charge in [-0.3, -0.25) is 9.79 Å². The second-order valence-corrected chi connectivity index (χ2v) is 4.04. The number of hydrogen-bond acceptors (Lipinski definition) is 3. The first-order valence-electron chi connectivity index (χ1n) is 4.33. The molecule has 2 N–H and O–H groups in total. The molecular weight excluding hydrogens is 196 g/mol. The highest BCUT2D eigenvalue weighted by atomic mass is 32.2. The normalized spacial score (nSPS) is 20.6. The van der Waals surface area contributed by atoms with Crippen LogP contribution in [-0.2, 0) is 4.79 Å². The monoisotopic (exact) mass is 206 g/mol. The minimum Gasteiger partial charge on any atom is -0.368 e. The van der Waals surface area contributed by atoms with Gasteiger partial charge in [0.15, 0.2) is 0 Å². The fourth-order valence-electron chi connectivity index (χ4n) is 1.26. The molecule has 0 aliphatic carbocycles. The van der Waals surface area contributed by atoms with Crippen LogP contribution in [0.2, 0.25) is 0 Å². The second-order valence-electron chi connectivity index (χ2n) is 3.03. The smallest absolute Gasteiger partial charge is 0.243 e. The van der Waals surface area contributed by atoms with Crippen molar-refractivity contribution in [3.63, 3.8) is 0 Å².